The van der Waals surface area contributed by atoms with Crippen LogP contribution in [0.1, 0.15) is 30.8 Å². The number of rotatable bonds is 5. The fourth-order valence-corrected chi connectivity index (χ4v) is 2.90. The molecule has 5 nitrogen and oxygen atoms in total. The summed E-state index contributed by atoms with van der Waals surface area (Å²) in [7, 11) is 0. The van der Waals surface area contributed by atoms with Crippen LogP contribution in [-0.2, 0) is 11.2 Å². The molecule has 0 saturated carbocycles. The van der Waals surface area contributed by atoms with Crippen LogP contribution >= 0.6 is 24.8 Å². The van der Waals surface area contributed by atoms with Crippen molar-refractivity contribution in [1.29, 1.82) is 0 Å². The van der Waals surface area contributed by atoms with Crippen LogP contribution in [-0.4, -0.2) is 30.0 Å². The highest BCUT2D eigenvalue weighted by atomic mass is 35.5. The van der Waals surface area contributed by atoms with Crippen molar-refractivity contribution < 1.29 is 9.21 Å². The number of hydrogen-bond acceptors (Lipinski definition) is 4. The second-order valence-electron chi connectivity index (χ2n) is 5.98. The molecule has 138 valence electrons. The molecular weight excluding hydrogens is 361 g/mol. The number of oxazole rings is 1. The van der Waals surface area contributed by atoms with Crippen molar-refractivity contribution in [3.05, 3.63) is 41.9 Å². The third-order valence-electron chi connectivity index (χ3n) is 4.15. The molecule has 1 fully saturated rings. The maximum atomic E-state index is 12.0. The summed E-state index contributed by atoms with van der Waals surface area (Å²) in [5.41, 5.74) is 1.88. The Hall–Kier alpha value is -1.56. The second-order valence-corrected chi connectivity index (χ2v) is 5.98. The highest BCUT2D eigenvalue weighted by Crippen LogP contribution is 2.24. The quantitative estimate of drug-likeness (QED) is 0.828. The Labute approximate surface area is 160 Å². The van der Waals surface area contributed by atoms with Gasteiger partial charge in [-0.05, 0) is 32.9 Å². The van der Waals surface area contributed by atoms with Crippen LogP contribution in [0.4, 0.5) is 0 Å². The highest BCUT2D eigenvalue weighted by Gasteiger charge is 2.17. The fraction of sp³-hybridized carbons (Fsp3) is 0.444. The van der Waals surface area contributed by atoms with Crippen LogP contribution in [0.2, 0.25) is 0 Å². The van der Waals surface area contributed by atoms with E-state index in [1.807, 2.05) is 37.3 Å². The van der Waals surface area contributed by atoms with E-state index >= 15 is 0 Å². The molecular formula is C18H25Cl2N3O2. The highest BCUT2D eigenvalue weighted by molar-refractivity contribution is 5.85. The van der Waals surface area contributed by atoms with Crippen molar-refractivity contribution in [2.24, 2.45) is 0 Å². The van der Waals surface area contributed by atoms with Gasteiger partial charge >= 0.3 is 0 Å². The average molecular weight is 386 g/mol. The Morgan fingerprint density at radius 3 is 2.60 bits per heavy atom. The number of amides is 1. The third kappa shape index (κ3) is 6.03. The minimum Gasteiger partial charge on any atom is -0.440 e. The molecule has 1 aromatic heterocycles. The first-order chi connectivity index (χ1) is 11.2. The van der Waals surface area contributed by atoms with Gasteiger partial charge in [-0.25, -0.2) is 4.98 Å². The minimum atomic E-state index is 0. The summed E-state index contributed by atoms with van der Waals surface area (Å²) < 4.78 is 5.84. The molecule has 0 atom stereocenters. The lowest BCUT2D eigenvalue weighted by Crippen LogP contribution is -2.42. The van der Waals surface area contributed by atoms with Crippen LogP contribution < -0.4 is 10.6 Å². The molecule has 0 aliphatic carbocycles. The molecule has 2 aromatic rings. The van der Waals surface area contributed by atoms with Crippen molar-refractivity contribution in [1.82, 2.24) is 15.6 Å². The van der Waals surface area contributed by atoms with E-state index in [0.29, 0.717) is 24.8 Å². The number of carbonyl (C=O) groups excluding carboxylic acids is 1. The first kappa shape index (κ1) is 21.5. The van der Waals surface area contributed by atoms with Crippen LogP contribution in [0.15, 0.2) is 34.7 Å². The summed E-state index contributed by atoms with van der Waals surface area (Å²) in [5, 5.41) is 6.39. The topological polar surface area (TPSA) is 67.2 Å². The number of benzene rings is 1. The van der Waals surface area contributed by atoms with E-state index in [1.165, 1.54) is 0 Å². The van der Waals surface area contributed by atoms with E-state index in [2.05, 4.69) is 15.6 Å². The molecule has 1 saturated heterocycles. The van der Waals surface area contributed by atoms with Gasteiger partial charge in [-0.1, -0.05) is 30.3 Å². The molecule has 0 unspecified atom stereocenters. The zero-order valence-electron chi connectivity index (χ0n) is 14.3. The third-order valence-corrected chi connectivity index (χ3v) is 4.15. The molecule has 25 heavy (non-hydrogen) atoms. The zero-order valence-corrected chi connectivity index (χ0v) is 15.9. The molecule has 3 rings (SSSR count). The lowest BCUT2D eigenvalue weighted by Gasteiger charge is -2.23. The first-order valence-electron chi connectivity index (χ1n) is 8.24. The SMILES string of the molecule is Cc1nc(CCC(=O)NC2CCNCC2)oc1-c1ccccc1.Cl.Cl. The zero-order chi connectivity index (χ0) is 16.1. The number of aryl methyl sites for hydroxylation is 2. The van der Waals surface area contributed by atoms with Crippen LogP contribution in [0, 0.1) is 6.92 Å². The van der Waals surface area contributed by atoms with Gasteiger partial charge in [0.2, 0.25) is 5.91 Å². The first-order valence-corrected chi connectivity index (χ1v) is 8.24. The molecule has 0 spiro atoms. The van der Waals surface area contributed by atoms with Gasteiger partial charge in [-0.2, -0.15) is 0 Å². The van der Waals surface area contributed by atoms with Gasteiger partial charge in [0, 0.05) is 24.4 Å². The summed E-state index contributed by atoms with van der Waals surface area (Å²) in [4.78, 5) is 16.5. The van der Waals surface area contributed by atoms with Crippen molar-refractivity contribution in [2.45, 2.75) is 38.6 Å². The van der Waals surface area contributed by atoms with Gasteiger partial charge in [-0.15, -0.1) is 24.8 Å². The number of nitrogens with zero attached hydrogens (tertiary/aromatic N) is 1. The molecule has 2 N–H and O–H groups in total. The largest absolute Gasteiger partial charge is 0.440 e. The summed E-state index contributed by atoms with van der Waals surface area (Å²) in [6, 6.07) is 10.2. The second kappa shape index (κ2) is 10.4. The number of halogens is 2. The molecule has 0 radical (unpaired) electrons. The molecule has 1 aromatic carbocycles. The Kier molecular flexibility index (Phi) is 8.97. The van der Waals surface area contributed by atoms with Gasteiger partial charge in [-0.3, -0.25) is 4.79 Å². The average Bonchev–Trinajstić information content (AvgIpc) is 2.96. The predicted molar refractivity (Wildman–Crippen MR) is 104 cm³/mol. The fourth-order valence-electron chi connectivity index (χ4n) is 2.90. The van der Waals surface area contributed by atoms with Gasteiger partial charge in [0.05, 0.1) is 5.69 Å². The number of carbonyl (C=O) groups is 1. The molecule has 1 amide bonds. The van der Waals surface area contributed by atoms with Crippen LogP contribution in [0.3, 0.4) is 0 Å². The molecule has 1 aliphatic heterocycles. The van der Waals surface area contributed by atoms with Crippen molar-refractivity contribution in [3.8, 4) is 11.3 Å². The Balaban J connectivity index is 0.00000156. The summed E-state index contributed by atoms with van der Waals surface area (Å²) in [6.07, 6.45) is 2.95. The van der Waals surface area contributed by atoms with Gasteiger partial charge < -0.3 is 15.1 Å². The summed E-state index contributed by atoms with van der Waals surface area (Å²) in [5.74, 6) is 1.50. The van der Waals surface area contributed by atoms with Crippen LogP contribution in [0.25, 0.3) is 11.3 Å². The smallest absolute Gasteiger partial charge is 0.220 e. The number of hydrogen-bond donors (Lipinski definition) is 2. The Morgan fingerprint density at radius 2 is 1.92 bits per heavy atom. The maximum absolute atomic E-state index is 12.0. The number of nitrogens with one attached hydrogen (secondary N) is 2. The monoisotopic (exact) mass is 385 g/mol. The van der Waals surface area contributed by atoms with Gasteiger partial charge in [0.15, 0.2) is 11.7 Å². The van der Waals surface area contributed by atoms with E-state index in [9.17, 15) is 4.79 Å². The Morgan fingerprint density at radius 1 is 1.24 bits per heavy atom. The summed E-state index contributed by atoms with van der Waals surface area (Å²) in [6.45, 7) is 3.89. The predicted octanol–water partition coefficient (Wildman–Crippen LogP) is 3.29. The van der Waals surface area contributed by atoms with Gasteiger partial charge in [0.25, 0.3) is 0 Å². The van der Waals surface area contributed by atoms with Crippen molar-refractivity contribution >= 4 is 30.7 Å². The van der Waals surface area contributed by atoms with E-state index in [0.717, 1.165) is 42.9 Å². The maximum Gasteiger partial charge on any atom is 0.220 e. The van der Waals surface area contributed by atoms with E-state index < -0.39 is 0 Å². The standard InChI is InChI=1S/C18H23N3O2.2ClH/c1-13-18(14-5-3-2-4-6-14)23-17(20-13)8-7-16(22)21-15-9-11-19-12-10-15;;/h2-6,15,19H,7-12H2,1H3,(H,21,22);2*1H. The number of piperidine rings is 1. The lowest BCUT2D eigenvalue weighted by atomic mass is 10.1. The van der Waals surface area contributed by atoms with Crippen molar-refractivity contribution in [2.75, 3.05) is 13.1 Å². The lowest BCUT2D eigenvalue weighted by molar-refractivity contribution is -0.122. The molecule has 7 heteroatoms. The molecule has 2 heterocycles. The molecule has 1 aliphatic rings. The van der Waals surface area contributed by atoms with Crippen molar-refractivity contribution in [3.63, 3.8) is 0 Å². The van der Waals surface area contributed by atoms with E-state index in [1.54, 1.807) is 0 Å². The van der Waals surface area contributed by atoms with Gasteiger partial charge in [0.1, 0.15) is 0 Å². The summed E-state index contributed by atoms with van der Waals surface area (Å²) >= 11 is 0. The van der Waals surface area contributed by atoms with Crippen LogP contribution in [0.5, 0.6) is 0 Å². The minimum absolute atomic E-state index is 0. The van der Waals surface area contributed by atoms with E-state index in [4.69, 9.17) is 4.42 Å². The van der Waals surface area contributed by atoms with E-state index in [-0.39, 0.29) is 30.7 Å². The Bertz CT molecular complexity index is 656. The number of aromatic nitrogens is 1. The molecule has 0 bridgehead atoms. The normalized spacial score (nSPS) is 14.3.